The fraction of sp³-hybridized carbons (Fsp3) is 0.300. The van der Waals surface area contributed by atoms with Gasteiger partial charge < -0.3 is 19.2 Å². The van der Waals surface area contributed by atoms with Gasteiger partial charge in [0.15, 0.2) is 0 Å². The van der Waals surface area contributed by atoms with Crippen LogP contribution in [-0.2, 0) is 20.0 Å². The molecule has 2 N–H and O–H groups in total. The van der Waals surface area contributed by atoms with Gasteiger partial charge in [-0.25, -0.2) is 14.2 Å². The molecule has 7 nitrogen and oxygen atoms in total. The van der Waals surface area contributed by atoms with Gasteiger partial charge >= 0.3 is 6.09 Å². The summed E-state index contributed by atoms with van der Waals surface area (Å²) in [5.74, 6) is -1.15. The molecule has 146 valence electrons. The summed E-state index contributed by atoms with van der Waals surface area (Å²) in [6.07, 6.45) is 0.175. The summed E-state index contributed by atoms with van der Waals surface area (Å²) in [5.41, 5.74) is 2.81. The first-order valence-electron chi connectivity index (χ1n) is 9.09. The Morgan fingerprint density at radius 1 is 1.21 bits per heavy atom. The molecule has 1 aliphatic heterocycles. The summed E-state index contributed by atoms with van der Waals surface area (Å²) < 4.78 is 30.2. The number of amides is 1. The Morgan fingerprint density at radius 3 is 2.64 bits per heavy atom. The van der Waals surface area contributed by atoms with Crippen LogP contribution in [0.2, 0.25) is 0 Å². The van der Waals surface area contributed by atoms with Crippen LogP contribution in [-0.4, -0.2) is 35.9 Å². The number of carbonyl (C=O) groups excluding carboxylic acids is 1. The lowest BCUT2D eigenvalue weighted by Gasteiger charge is -2.28. The highest BCUT2D eigenvalue weighted by Gasteiger charge is 2.41. The first kappa shape index (κ1) is 18.4. The second-order valence-corrected chi connectivity index (χ2v) is 6.40. The second kappa shape index (κ2) is 7.57. The van der Waals surface area contributed by atoms with E-state index in [4.69, 9.17) is 14.2 Å². The van der Waals surface area contributed by atoms with Gasteiger partial charge in [-0.15, -0.1) is 0 Å². The van der Waals surface area contributed by atoms with E-state index in [1.54, 1.807) is 18.2 Å². The number of benzene rings is 2. The molecule has 2 aromatic carbocycles. The van der Waals surface area contributed by atoms with E-state index in [1.165, 1.54) is 12.1 Å². The first-order valence-corrected chi connectivity index (χ1v) is 9.09. The molecule has 0 radical (unpaired) electrons. The Morgan fingerprint density at radius 2 is 1.93 bits per heavy atom. The molecule has 3 aromatic rings. The minimum atomic E-state index is -1.11. The van der Waals surface area contributed by atoms with E-state index < -0.39 is 11.9 Å². The van der Waals surface area contributed by atoms with Crippen LogP contribution in [0, 0.1) is 5.82 Å². The molecule has 1 fully saturated rings. The third-order valence-corrected chi connectivity index (χ3v) is 4.44. The average Bonchev–Trinajstić information content (AvgIpc) is 3.33. The summed E-state index contributed by atoms with van der Waals surface area (Å²) in [5, 5.41) is 2.57. The number of hydrogen-bond acceptors (Lipinski definition) is 5. The lowest BCUT2D eigenvalue weighted by molar-refractivity contribution is -0.129. The molecule has 0 bridgehead atoms. The van der Waals surface area contributed by atoms with Gasteiger partial charge in [-0.3, -0.25) is 5.32 Å². The number of halogens is 1. The molecule has 0 unspecified atom stereocenters. The van der Waals surface area contributed by atoms with E-state index in [-0.39, 0.29) is 11.8 Å². The van der Waals surface area contributed by atoms with E-state index in [0.29, 0.717) is 36.4 Å². The third kappa shape index (κ3) is 3.44. The standard InChI is InChI=1S/C20H20FN3O4/c1-2-9-26-19(25)24-18-22-16-8-5-14(12-17(16)23-18)20(27-10-11-28-20)13-3-6-15(21)7-4-13/h3-8,12H,2,9-11H2,1H3,(H2,22,23,24,25). The van der Waals surface area contributed by atoms with E-state index in [2.05, 4.69) is 15.3 Å². The number of nitrogens with one attached hydrogen (secondary N) is 2. The molecule has 1 amide bonds. The number of fused-ring (bicyclic) bond motifs is 1. The van der Waals surface area contributed by atoms with Crippen LogP contribution in [0.4, 0.5) is 15.1 Å². The summed E-state index contributed by atoms with van der Waals surface area (Å²) in [7, 11) is 0. The van der Waals surface area contributed by atoms with Crippen molar-refractivity contribution in [3.8, 4) is 0 Å². The van der Waals surface area contributed by atoms with Crippen molar-refractivity contribution in [1.29, 1.82) is 0 Å². The summed E-state index contributed by atoms with van der Waals surface area (Å²) in [4.78, 5) is 19.1. The van der Waals surface area contributed by atoms with Crippen LogP contribution >= 0.6 is 0 Å². The Labute approximate surface area is 160 Å². The SMILES string of the molecule is CCCOC(=O)Nc1nc2ccc(C3(c4ccc(F)cc4)OCCO3)cc2[nH]1. The number of carbonyl (C=O) groups is 1. The minimum absolute atomic E-state index is 0.289. The van der Waals surface area contributed by atoms with Crippen molar-refractivity contribution in [3.05, 3.63) is 59.4 Å². The summed E-state index contributed by atoms with van der Waals surface area (Å²) in [6, 6.07) is 11.5. The quantitative estimate of drug-likeness (QED) is 0.696. The van der Waals surface area contributed by atoms with Crippen molar-refractivity contribution in [2.75, 3.05) is 25.1 Å². The maximum atomic E-state index is 13.4. The molecule has 0 atom stereocenters. The Kier molecular flexibility index (Phi) is 4.97. The molecular formula is C20H20FN3O4. The van der Waals surface area contributed by atoms with Crippen LogP contribution < -0.4 is 5.32 Å². The number of hydrogen-bond donors (Lipinski definition) is 2. The lowest BCUT2D eigenvalue weighted by atomic mass is 9.97. The predicted octanol–water partition coefficient (Wildman–Crippen LogP) is 3.91. The lowest BCUT2D eigenvalue weighted by Crippen LogP contribution is -2.28. The molecule has 4 rings (SSSR count). The molecule has 0 saturated carbocycles. The van der Waals surface area contributed by atoms with Crippen LogP contribution in [0.1, 0.15) is 24.5 Å². The number of rotatable bonds is 5. The number of aromatic amines is 1. The number of imidazole rings is 1. The van der Waals surface area contributed by atoms with Crippen LogP contribution in [0.15, 0.2) is 42.5 Å². The van der Waals surface area contributed by atoms with Crippen molar-refractivity contribution in [1.82, 2.24) is 9.97 Å². The van der Waals surface area contributed by atoms with Gasteiger partial charge in [-0.05, 0) is 30.7 Å². The molecule has 1 aliphatic rings. The Hall–Kier alpha value is -2.97. The molecule has 0 spiro atoms. The van der Waals surface area contributed by atoms with Crippen molar-refractivity contribution in [2.45, 2.75) is 19.1 Å². The number of ether oxygens (including phenoxy) is 3. The van der Waals surface area contributed by atoms with Crippen molar-refractivity contribution in [3.63, 3.8) is 0 Å². The fourth-order valence-corrected chi connectivity index (χ4v) is 3.18. The highest BCUT2D eigenvalue weighted by molar-refractivity contribution is 5.86. The molecular weight excluding hydrogens is 365 g/mol. The van der Waals surface area contributed by atoms with Crippen LogP contribution in [0.25, 0.3) is 11.0 Å². The van der Waals surface area contributed by atoms with Gasteiger partial charge in [0.2, 0.25) is 11.7 Å². The van der Waals surface area contributed by atoms with Gasteiger partial charge in [-0.2, -0.15) is 0 Å². The minimum Gasteiger partial charge on any atom is -0.449 e. The zero-order valence-corrected chi connectivity index (χ0v) is 15.3. The number of aromatic nitrogens is 2. The third-order valence-electron chi connectivity index (χ3n) is 4.44. The van der Waals surface area contributed by atoms with E-state index in [9.17, 15) is 9.18 Å². The maximum absolute atomic E-state index is 13.4. The highest BCUT2D eigenvalue weighted by atomic mass is 19.1. The maximum Gasteiger partial charge on any atom is 0.413 e. The van der Waals surface area contributed by atoms with E-state index >= 15 is 0 Å². The normalized spacial score (nSPS) is 15.6. The van der Waals surface area contributed by atoms with E-state index in [1.807, 2.05) is 19.1 Å². The molecule has 2 heterocycles. The number of nitrogens with zero attached hydrogens (tertiary/aromatic N) is 1. The second-order valence-electron chi connectivity index (χ2n) is 6.40. The van der Waals surface area contributed by atoms with Crippen molar-refractivity contribution >= 4 is 23.1 Å². The molecule has 1 saturated heterocycles. The van der Waals surface area contributed by atoms with Gasteiger partial charge in [0.05, 0.1) is 30.9 Å². The molecule has 0 aliphatic carbocycles. The van der Waals surface area contributed by atoms with Gasteiger partial charge in [0.1, 0.15) is 5.82 Å². The summed E-state index contributed by atoms with van der Waals surface area (Å²) in [6.45, 7) is 3.11. The largest absolute Gasteiger partial charge is 0.449 e. The molecule has 8 heteroatoms. The van der Waals surface area contributed by atoms with Gasteiger partial charge in [0.25, 0.3) is 0 Å². The average molecular weight is 385 g/mol. The zero-order valence-electron chi connectivity index (χ0n) is 15.3. The Balaban J connectivity index is 1.66. The number of anilines is 1. The Bertz CT molecular complexity index is 981. The smallest absolute Gasteiger partial charge is 0.413 e. The van der Waals surface area contributed by atoms with Crippen molar-refractivity contribution < 1.29 is 23.4 Å². The first-order chi connectivity index (χ1) is 13.6. The van der Waals surface area contributed by atoms with Crippen molar-refractivity contribution in [2.24, 2.45) is 0 Å². The highest BCUT2D eigenvalue weighted by Crippen LogP contribution is 2.39. The topological polar surface area (TPSA) is 85.5 Å². The van der Waals surface area contributed by atoms with Crippen LogP contribution in [0.5, 0.6) is 0 Å². The van der Waals surface area contributed by atoms with Crippen LogP contribution in [0.3, 0.4) is 0 Å². The molecule has 28 heavy (non-hydrogen) atoms. The predicted molar refractivity (Wildman–Crippen MR) is 100 cm³/mol. The monoisotopic (exact) mass is 385 g/mol. The fourth-order valence-electron chi connectivity index (χ4n) is 3.18. The van der Waals surface area contributed by atoms with Gasteiger partial charge in [-0.1, -0.05) is 25.1 Å². The summed E-state index contributed by atoms with van der Waals surface area (Å²) >= 11 is 0. The zero-order chi connectivity index (χ0) is 19.6. The number of H-pyrrole nitrogens is 1. The van der Waals surface area contributed by atoms with E-state index in [0.717, 1.165) is 12.0 Å². The van der Waals surface area contributed by atoms with Gasteiger partial charge in [0, 0.05) is 11.1 Å². The molecule has 1 aromatic heterocycles.